The molecule has 0 aliphatic carbocycles. The van der Waals surface area contributed by atoms with Gasteiger partial charge in [0, 0.05) is 40.5 Å². The molecular formula is C23H22N4O. The van der Waals surface area contributed by atoms with Crippen LogP contribution in [0.5, 0.6) is 0 Å². The summed E-state index contributed by atoms with van der Waals surface area (Å²) in [6.07, 6.45) is 0.348. The van der Waals surface area contributed by atoms with Gasteiger partial charge in [-0.2, -0.15) is 5.10 Å². The first kappa shape index (κ1) is 17.8. The number of nitrogens with one attached hydrogen (secondary N) is 1. The molecule has 1 heterocycles. The second kappa shape index (κ2) is 7.56. The SMILES string of the molecule is CC(=NNC(=O)CCn1c2ccccc2c2ccccc21)c1ccc(N)cc1. The van der Waals surface area contributed by atoms with Crippen LogP contribution in [0.3, 0.4) is 0 Å². The molecule has 0 aliphatic heterocycles. The second-order valence-electron chi connectivity index (χ2n) is 6.79. The Morgan fingerprint density at radius 1 is 0.929 bits per heavy atom. The average Bonchev–Trinajstić information content (AvgIpc) is 3.05. The van der Waals surface area contributed by atoms with Crippen molar-refractivity contribution in [1.29, 1.82) is 0 Å². The zero-order valence-electron chi connectivity index (χ0n) is 15.7. The Bertz CT molecular complexity index is 1120. The molecule has 0 atom stereocenters. The molecule has 4 rings (SSSR count). The maximum absolute atomic E-state index is 12.3. The molecule has 3 aromatic carbocycles. The van der Waals surface area contributed by atoms with Crippen molar-refractivity contribution in [2.45, 2.75) is 19.9 Å². The number of aryl methyl sites for hydroxylation is 1. The molecule has 5 nitrogen and oxygen atoms in total. The minimum atomic E-state index is -0.114. The average molecular weight is 370 g/mol. The Labute approximate surface area is 163 Å². The first-order valence-electron chi connectivity index (χ1n) is 9.28. The van der Waals surface area contributed by atoms with Gasteiger partial charge in [-0.25, -0.2) is 5.43 Å². The Morgan fingerprint density at radius 2 is 1.50 bits per heavy atom. The minimum Gasteiger partial charge on any atom is -0.399 e. The van der Waals surface area contributed by atoms with Crippen molar-refractivity contribution < 1.29 is 4.79 Å². The van der Waals surface area contributed by atoms with Crippen LogP contribution in [0.1, 0.15) is 18.9 Å². The van der Waals surface area contributed by atoms with E-state index in [1.54, 1.807) is 0 Å². The van der Waals surface area contributed by atoms with Gasteiger partial charge in [-0.3, -0.25) is 4.79 Å². The normalized spacial score (nSPS) is 11.8. The second-order valence-corrected chi connectivity index (χ2v) is 6.79. The monoisotopic (exact) mass is 370 g/mol. The summed E-state index contributed by atoms with van der Waals surface area (Å²) in [5.74, 6) is -0.114. The smallest absolute Gasteiger partial charge is 0.241 e. The number of hydrogen-bond acceptors (Lipinski definition) is 3. The molecule has 0 fully saturated rings. The van der Waals surface area contributed by atoms with E-state index in [0.717, 1.165) is 22.3 Å². The number of nitrogens with two attached hydrogens (primary N) is 1. The number of aromatic nitrogens is 1. The first-order chi connectivity index (χ1) is 13.6. The Hall–Kier alpha value is -3.60. The number of fused-ring (bicyclic) bond motifs is 3. The van der Waals surface area contributed by atoms with E-state index in [4.69, 9.17) is 5.73 Å². The van der Waals surface area contributed by atoms with E-state index < -0.39 is 0 Å². The predicted molar refractivity (Wildman–Crippen MR) is 115 cm³/mol. The summed E-state index contributed by atoms with van der Waals surface area (Å²) in [4.78, 5) is 12.3. The molecular weight excluding hydrogens is 348 g/mol. The van der Waals surface area contributed by atoms with E-state index in [0.29, 0.717) is 18.7 Å². The van der Waals surface area contributed by atoms with E-state index >= 15 is 0 Å². The van der Waals surface area contributed by atoms with Crippen molar-refractivity contribution in [1.82, 2.24) is 9.99 Å². The zero-order chi connectivity index (χ0) is 19.5. The number of para-hydroxylation sites is 2. The topological polar surface area (TPSA) is 72.4 Å². The molecule has 5 heteroatoms. The highest BCUT2D eigenvalue weighted by Gasteiger charge is 2.11. The van der Waals surface area contributed by atoms with E-state index in [1.165, 1.54) is 10.8 Å². The highest BCUT2D eigenvalue weighted by atomic mass is 16.2. The summed E-state index contributed by atoms with van der Waals surface area (Å²) < 4.78 is 2.20. The summed E-state index contributed by atoms with van der Waals surface area (Å²) in [5, 5.41) is 6.62. The number of hydrazone groups is 1. The standard InChI is InChI=1S/C23H22N4O/c1-16(17-10-12-18(24)13-11-17)25-26-23(28)14-15-27-21-8-4-2-6-19(21)20-7-3-5-9-22(20)27/h2-13H,14-15,24H2,1H3,(H,26,28). The molecule has 0 spiro atoms. The molecule has 0 radical (unpaired) electrons. The van der Waals surface area contributed by atoms with Gasteiger partial charge in [0.15, 0.2) is 0 Å². The number of rotatable bonds is 5. The van der Waals surface area contributed by atoms with Crippen LogP contribution in [0.2, 0.25) is 0 Å². The molecule has 0 bridgehead atoms. The van der Waals surface area contributed by atoms with Crippen LogP contribution in [0, 0.1) is 0 Å². The maximum atomic E-state index is 12.3. The number of carbonyl (C=O) groups is 1. The fraction of sp³-hybridized carbons (Fsp3) is 0.130. The zero-order valence-corrected chi connectivity index (χ0v) is 15.7. The largest absolute Gasteiger partial charge is 0.399 e. The number of nitrogen functional groups attached to an aromatic ring is 1. The lowest BCUT2D eigenvalue weighted by Crippen LogP contribution is -2.20. The fourth-order valence-electron chi connectivity index (χ4n) is 3.45. The molecule has 1 amide bonds. The van der Waals surface area contributed by atoms with Crippen LogP contribution < -0.4 is 11.2 Å². The van der Waals surface area contributed by atoms with E-state index in [1.807, 2.05) is 55.5 Å². The van der Waals surface area contributed by atoms with Crippen LogP contribution >= 0.6 is 0 Å². The lowest BCUT2D eigenvalue weighted by Gasteiger charge is -2.07. The maximum Gasteiger partial charge on any atom is 0.241 e. The van der Waals surface area contributed by atoms with Gasteiger partial charge in [0.2, 0.25) is 5.91 Å². The number of hydrogen-bond donors (Lipinski definition) is 2. The predicted octanol–water partition coefficient (Wildman–Crippen LogP) is 4.31. The number of amides is 1. The molecule has 0 saturated heterocycles. The van der Waals surface area contributed by atoms with Gasteiger partial charge in [0.05, 0.1) is 5.71 Å². The molecule has 0 aliphatic rings. The molecule has 0 unspecified atom stereocenters. The van der Waals surface area contributed by atoms with Gasteiger partial charge in [0.1, 0.15) is 0 Å². The lowest BCUT2D eigenvalue weighted by molar-refractivity contribution is -0.121. The Morgan fingerprint density at radius 3 is 2.11 bits per heavy atom. The van der Waals surface area contributed by atoms with Crippen molar-refractivity contribution in [3.63, 3.8) is 0 Å². The molecule has 28 heavy (non-hydrogen) atoms. The van der Waals surface area contributed by atoms with Crippen LogP contribution in [0.25, 0.3) is 21.8 Å². The molecule has 0 saturated carbocycles. The third-order valence-corrected chi connectivity index (χ3v) is 4.92. The number of anilines is 1. The summed E-state index contributed by atoms with van der Waals surface area (Å²) in [6, 6.07) is 24.0. The van der Waals surface area contributed by atoms with Crippen molar-refractivity contribution >= 4 is 39.1 Å². The highest BCUT2D eigenvalue weighted by Crippen LogP contribution is 2.28. The highest BCUT2D eigenvalue weighted by molar-refractivity contribution is 6.08. The summed E-state index contributed by atoms with van der Waals surface area (Å²) >= 11 is 0. The quantitative estimate of drug-likeness (QED) is 0.312. The van der Waals surface area contributed by atoms with E-state index in [9.17, 15) is 4.79 Å². The summed E-state index contributed by atoms with van der Waals surface area (Å²) in [5.41, 5.74) is 13.0. The molecule has 1 aromatic heterocycles. The van der Waals surface area contributed by atoms with E-state index in [-0.39, 0.29) is 5.91 Å². The molecule has 4 aromatic rings. The van der Waals surface area contributed by atoms with Crippen LogP contribution in [-0.2, 0) is 11.3 Å². The van der Waals surface area contributed by atoms with Gasteiger partial charge >= 0.3 is 0 Å². The molecule has 140 valence electrons. The molecule has 3 N–H and O–H groups in total. The first-order valence-corrected chi connectivity index (χ1v) is 9.28. The summed E-state index contributed by atoms with van der Waals surface area (Å²) in [6.45, 7) is 2.45. The Kier molecular flexibility index (Phi) is 4.81. The van der Waals surface area contributed by atoms with Gasteiger partial charge in [-0.1, -0.05) is 48.5 Å². The van der Waals surface area contributed by atoms with Crippen molar-refractivity contribution in [2.75, 3.05) is 5.73 Å². The van der Waals surface area contributed by atoms with Crippen molar-refractivity contribution in [3.05, 3.63) is 78.4 Å². The van der Waals surface area contributed by atoms with Crippen LogP contribution in [0.15, 0.2) is 77.9 Å². The number of carbonyl (C=O) groups excluding carboxylic acids is 1. The van der Waals surface area contributed by atoms with E-state index in [2.05, 4.69) is 39.4 Å². The van der Waals surface area contributed by atoms with Gasteiger partial charge in [-0.05, 0) is 36.8 Å². The number of nitrogens with zero attached hydrogens (tertiary/aromatic N) is 2. The van der Waals surface area contributed by atoms with Gasteiger partial charge < -0.3 is 10.3 Å². The van der Waals surface area contributed by atoms with Crippen LogP contribution in [-0.4, -0.2) is 16.2 Å². The minimum absolute atomic E-state index is 0.114. The van der Waals surface area contributed by atoms with Crippen LogP contribution in [0.4, 0.5) is 5.69 Å². The third kappa shape index (κ3) is 3.47. The third-order valence-electron chi connectivity index (χ3n) is 4.92. The van der Waals surface area contributed by atoms with Gasteiger partial charge in [-0.15, -0.1) is 0 Å². The fourth-order valence-corrected chi connectivity index (χ4v) is 3.45. The van der Waals surface area contributed by atoms with Crippen molar-refractivity contribution in [3.8, 4) is 0 Å². The number of benzene rings is 3. The van der Waals surface area contributed by atoms with Crippen molar-refractivity contribution in [2.24, 2.45) is 5.10 Å². The Balaban J connectivity index is 1.49. The van der Waals surface area contributed by atoms with Gasteiger partial charge in [0.25, 0.3) is 0 Å². The summed E-state index contributed by atoms with van der Waals surface area (Å²) in [7, 11) is 0. The lowest BCUT2D eigenvalue weighted by atomic mass is 10.1.